The Morgan fingerprint density at radius 2 is 1.56 bits per heavy atom. The van der Waals surface area contributed by atoms with E-state index in [1.165, 1.54) is 44.8 Å². The van der Waals surface area contributed by atoms with Gasteiger partial charge in [-0.3, -0.25) is 4.90 Å². The molecule has 0 bridgehead atoms. The summed E-state index contributed by atoms with van der Waals surface area (Å²) in [6, 6.07) is 8.76. The Bertz CT molecular complexity index is 643. The fourth-order valence-corrected chi connectivity index (χ4v) is 5.21. The number of rotatable bonds is 5. The summed E-state index contributed by atoms with van der Waals surface area (Å²) in [6.45, 7) is 2.82. The van der Waals surface area contributed by atoms with Gasteiger partial charge in [0.2, 0.25) is 0 Å². The Labute approximate surface area is 152 Å². The van der Waals surface area contributed by atoms with Gasteiger partial charge in [0.05, 0.1) is 4.90 Å². The maximum absolute atomic E-state index is 12.0. The van der Waals surface area contributed by atoms with Crippen LogP contribution in [0.3, 0.4) is 0 Å². The monoisotopic (exact) mass is 364 g/mol. The highest BCUT2D eigenvalue weighted by atomic mass is 32.2. The zero-order valence-electron chi connectivity index (χ0n) is 15.4. The molecule has 0 unspecified atom stereocenters. The van der Waals surface area contributed by atoms with Crippen LogP contribution < -0.4 is 5.32 Å². The Balaban J connectivity index is 1.51. The number of nitrogens with one attached hydrogen (secondary N) is 1. The average Bonchev–Trinajstić information content (AvgIpc) is 2.85. The van der Waals surface area contributed by atoms with Crippen LogP contribution in [-0.4, -0.2) is 44.7 Å². The first-order valence-corrected chi connectivity index (χ1v) is 11.7. The highest BCUT2D eigenvalue weighted by Crippen LogP contribution is 2.22. The summed E-state index contributed by atoms with van der Waals surface area (Å²) in [7, 11) is -3.16. The molecule has 0 spiro atoms. The van der Waals surface area contributed by atoms with Gasteiger partial charge in [-0.2, -0.15) is 0 Å². The molecule has 0 atom stereocenters. The molecule has 25 heavy (non-hydrogen) atoms. The van der Waals surface area contributed by atoms with Crippen LogP contribution in [0.1, 0.15) is 56.9 Å². The van der Waals surface area contributed by atoms with Gasteiger partial charge in [-0.1, -0.05) is 43.9 Å². The van der Waals surface area contributed by atoms with Crippen LogP contribution in [0.2, 0.25) is 0 Å². The van der Waals surface area contributed by atoms with Crippen molar-refractivity contribution in [1.82, 2.24) is 10.2 Å². The van der Waals surface area contributed by atoms with E-state index in [9.17, 15) is 8.42 Å². The molecule has 1 aromatic carbocycles. The molecule has 1 N–H and O–H groups in total. The van der Waals surface area contributed by atoms with Gasteiger partial charge >= 0.3 is 0 Å². The quantitative estimate of drug-likeness (QED) is 0.814. The first kappa shape index (κ1) is 18.9. The van der Waals surface area contributed by atoms with Gasteiger partial charge in [0.1, 0.15) is 0 Å². The van der Waals surface area contributed by atoms with Gasteiger partial charge in [0.25, 0.3) is 0 Å². The lowest BCUT2D eigenvalue weighted by molar-refractivity contribution is 0.180. The molecule has 4 nitrogen and oxygen atoms in total. The van der Waals surface area contributed by atoms with Gasteiger partial charge in [0.15, 0.2) is 9.84 Å². The van der Waals surface area contributed by atoms with E-state index in [4.69, 9.17) is 0 Å². The molecule has 3 rings (SSSR count). The molecule has 1 saturated carbocycles. The van der Waals surface area contributed by atoms with Crippen LogP contribution in [0.4, 0.5) is 0 Å². The minimum Gasteiger partial charge on any atom is -0.311 e. The number of likely N-dealkylation sites (tertiary alicyclic amines) is 1. The minimum absolute atomic E-state index is 0.480. The van der Waals surface area contributed by atoms with Crippen LogP contribution in [0.15, 0.2) is 29.2 Å². The van der Waals surface area contributed by atoms with Gasteiger partial charge in [-0.15, -0.1) is 0 Å². The third-order valence-corrected chi connectivity index (χ3v) is 6.88. The molecule has 0 radical (unpaired) electrons. The van der Waals surface area contributed by atoms with Crippen molar-refractivity contribution in [1.29, 1.82) is 0 Å². The zero-order valence-corrected chi connectivity index (χ0v) is 16.2. The third-order valence-electron chi connectivity index (χ3n) is 5.68. The van der Waals surface area contributed by atoms with Crippen LogP contribution in [0.5, 0.6) is 0 Å². The summed E-state index contributed by atoms with van der Waals surface area (Å²) in [5.41, 5.74) is 0.931. The fourth-order valence-electron chi connectivity index (χ4n) is 4.27. The van der Waals surface area contributed by atoms with Gasteiger partial charge in [-0.05, 0) is 50.4 Å². The maximum Gasteiger partial charge on any atom is 0.175 e. The van der Waals surface area contributed by atoms with Crippen molar-refractivity contribution in [2.24, 2.45) is 0 Å². The van der Waals surface area contributed by atoms with Crippen LogP contribution in [0, 0.1) is 0 Å². The second kappa shape index (κ2) is 8.65. The molecular formula is C20H32N2O2S. The van der Waals surface area contributed by atoms with E-state index in [0.29, 0.717) is 17.0 Å². The van der Waals surface area contributed by atoms with Crippen molar-refractivity contribution in [3.63, 3.8) is 0 Å². The number of nitrogens with zero attached hydrogens (tertiary/aromatic N) is 1. The third kappa shape index (κ3) is 5.53. The lowest BCUT2D eigenvalue weighted by Gasteiger charge is -2.34. The lowest BCUT2D eigenvalue weighted by atomic mass is 10.0. The summed E-state index contributed by atoms with van der Waals surface area (Å²) in [5, 5.41) is 3.90. The molecule has 0 aromatic heterocycles. The smallest absolute Gasteiger partial charge is 0.175 e. The highest BCUT2D eigenvalue weighted by Gasteiger charge is 2.23. The predicted molar refractivity (Wildman–Crippen MR) is 102 cm³/mol. The van der Waals surface area contributed by atoms with E-state index in [0.717, 1.165) is 38.0 Å². The van der Waals surface area contributed by atoms with Crippen molar-refractivity contribution in [2.45, 2.75) is 74.9 Å². The molecule has 1 aliphatic heterocycles. The first-order chi connectivity index (χ1) is 12.0. The van der Waals surface area contributed by atoms with Crippen molar-refractivity contribution in [3.05, 3.63) is 29.8 Å². The van der Waals surface area contributed by atoms with Crippen molar-refractivity contribution in [2.75, 3.05) is 19.3 Å². The number of sulfone groups is 1. The molecule has 2 aliphatic rings. The first-order valence-electron chi connectivity index (χ1n) is 9.79. The summed E-state index contributed by atoms with van der Waals surface area (Å²) in [6.07, 6.45) is 11.8. The molecule has 0 amide bonds. The number of benzene rings is 1. The zero-order chi connectivity index (χ0) is 17.7. The molecule has 1 heterocycles. The summed E-state index contributed by atoms with van der Waals surface area (Å²) < 4.78 is 23.9. The van der Waals surface area contributed by atoms with Crippen molar-refractivity contribution in [3.8, 4) is 0 Å². The summed E-state index contributed by atoms with van der Waals surface area (Å²) in [4.78, 5) is 2.88. The Kier molecular flexibility index (Phi) is 6.53. The minimum atomic E-state index is -3.16. The maximum atomic E-state index is 12.0. The second-order valence-electron chi connectivity index (χ2n) is 7.79. The van der Waals surface area contributed by atoms with Crippen LogP contribution in [0.25, 0.3) is 0 Å². The molecule has 1 aliphatic carbocycles. The van der Waals surface area contributed by atoms with E-state index in [-0.39, 0.29) is 0 Å². The topological polar surface area (TPSA) is 49.4 Å². The molecule has 1 aromatic rings. The number of piperidine rings is 1. The van der Waals surface area contributed by atoms with E-state index < -0.39 is 9.84 Å². The van der Waals surface area contributed by atoms with Gasteiger partial charge in [0, 0.05) is 24.9 Å². The Hall–Kier alpha value is -0.910. The van der Waals surface area contributed by atoms with Crippen molar-refractivity contribution < 1.29 is 8.42 Å². The fraction of sp³-hybridized carbons (Fsp3) is 0.700. The Morgan fingerprint density at radius 1 is 0.960 bits per heavy atom. The predicted octanol–water partition coefficient (Wildman–Crippen LogP) is 3.37. The average molecular weight is 365 g/mol. The number of hydrogen-bond acceptors (Lipinski definition) is 4. The number of hydrogen-bond donors (Lipinski definition) is 1. The normalized spacial score (nSPS) is 22.0. The molecular weight excluding hydrogens is 332 g/mol. The van der Waals surface area contributed by atoms with Gasteiger partial charge in [-0.25, -0.2) is 8.42 Å². The highest BCUT2D eigenvalue weighted by molar-refractivity contribution is 7.90. The van der Waals surface area contributed by atoms with Gasteiger partial charge < -0.3 is 5.32 Å². The van der Waals surface area contributed by atoms with E-state index in [2.05, 4.69) is 10.2 Å². The standard InChI is InChI=1S/C20H32N2O2S/c1-25(23,24)20-11-7-6-8-17(20)16-22-14-12-19(13-15-22)21-18-9-4-2-3-5-10-18/h6-8,11,18-19,21H,2-5,9-10,12-16H2,1H3. The largest absolute Gasteiger partial charge is 0.311 e. The summed E-state index contributed by atoms with van der Waals surface area (Å²) in [5.74, 6) is 0. The van der Waals surface area contributed by atoms with Crippen LogP contribution >= 0.6 is 0 Å². The molecule has 1 saturated heterocycles. The van der Waals surface area contributed by atoms with E-state index >= 15 is 0 Å². The SMILES string of the molecule is CS(=O)(=O)c1ccccc1CN1CCC(NC2CCCCCC2)CC1. The Morgan fingerprint density at radius 3 is 2.20 bits per heavy atom. The molecule has 2 fully saturated rings. The van der Waals surface area contributed by atoms with Crippen molar-refractivity contribution >= 4 is 9.84 Å². The van der Waals surface area contributed by atoms with E-state index in [1.807, 2.05) is 18.2 Å². The second-order valence-corrected chi connectivity index (χ2v) is 9.77. The lowest BCUT2D eigenvalue weighted by Crippen LogP contribution is -2.45. The summed E-state index contributed by atoms with van der Waals surface area (Å²) >= 11 is 0. The molecule has 5 heteroatoms. The van der Waals surface area contributed by atoms with Crippen LogP contribution in [-0.2, 0) is 16.4 Å². The molecule has 140 valence electrons. The van der Waals surface area contributed by atoms with E-state index in [1.54, 1.807) is 6.07 Å².